The summed E-state index contributed by atoms with van der Waals surface area (Å²) in [4.78, 5) is 25.8. The summed E-state index contributed by atoms with van der Waals surface area (Å²) in [7, 11) is 0. The van der Waals surface area contributed by atoms with E-state index in [-0.39, 0.29) is 17.4 Å². The van der Waals surface area contributed by atoms with Crippen molar-refractivity contribution in [2.45, 2.75) is 37.3 Å². The van der Waals surface area contributed by atoms with Gasteiger partial charge in [0, 0.05) is 23.1 Å². The smallest absolute Gasteiger partial charge is 0.242 e. The van der Waals surface area contributed by atoms with Gasteiger partial charge < -0.3 is 10.6 Å². The van der Waals surface area contributed by atoms with E-state index in [9.17, 15) is 27.2 Å². The molecule has 3 rings (SSSR count). The molecule has 0 radical (unpaired) electrons. The summed E-state index contributed by atoms with van der Waals surface area (Å²) in [6.45, 7) is 5.87. The molecule has 2 N–H and O–H groups in total. The molecule has 0 saturated carbocycles. The molecule has 0 saturated heterocycles. The lowest BCUT2D eigenvalue weighted by molar-refractivity contribution is -0.118. The molecule has 0 aliphatic heterocycles. The number of benzene rings is 3. The Bertz CT molecular complexity index is 1190. The van der Waals surface area contributed by atoms with Gasteiger partial charge in [-0.1, -0.05) is 51.1 Å². The number of amides is 2. The van der Waals surface area contributed by atoms with Crippen molar-refractivity contribution < 1.29 is 27.2 Å². The molecule has 3 aromatic rings. The number of hydrogen-bond acceptors (Lipinski definition) is 3. The van der Waals surface area contributed by atoms with E-state index in [1.54, 1.807) is 54.6 Å². The van der Waals surface area contributed by atoms with Crippen LogP contribution in [-0.4, -0.2) is 11.8 Å². The van der Waals surface area contributed by atoms with Gasteiger partial charge in [-0.2, -0.15) is 0 Å². The van der Waals surface area contributed by atoms with E-state index < -0.39 is 40.1 Å². The van der Waals surface area contributed by atoms with Gasteiger partial charge >= 0.3 is 0 Å². The van der Waals surface area contributed by atoms with E-state index in [0.717, 1.165) is 11.8 Å². The molecule has 2 amide bonds. The first-order valence-electron chi connectivity index (χ1n) is 10.7. The van der Waals surface area contributed by atoms with Crippen LogP contribution in [0, 0.1) is 28.7 Å². The fourth-order valence-electron chi connectivity index (χ4n) is 3.21. The van der Waals surface area contributed by atoms with Gasteiger partial charge in [-0.05, 0) is 35.2 Å². The molecule has 9 heteroatoms. The number of rotatable bonds is 7. The van der Waals surface area contributed by atoms with Crippen LogP contribution in [0.15, 0.2) is 65.6 Å². The summed E-state index contributed by atoms with van der Waals surface area (Å²) in [5, 5.41) is 3.80. The summed E-state index contributed by atoms with van der Waals surface area (Å²) >= 11 is 1.07. The molecule has 0 aliphatic rings. The second-order valence-electron chi connectivity index (χ2n) is 9.05. The first kappa shape index (κ1) is 26.3. The number of carbonyl (C=O) groups is 2. The summed E-state index contributed by atoms with van der Waals surface area (Å²) in [6, 6.07) is 15.2. The largest absolute Gasteiger partial charge is 0.326 e. The minimum absolute atomic E-state index is 0.0750. The highest BCUT2D eigenvalue weighted by Crippen LogP contribution is 2.37. The molecule has 0 bridgehead atoms. The second kappa shape index (κ2) is 10.9. The average molecular weight is 505 g/mol. The van der Waals surface area contributed by atoms with Crippen LogP contribution in [0.4, 0.5) is 28.9 Å². The Hall–Kier alpha value is -3.33. The molecule has 0 aliphatic carbocycles. The number of nitrogens with one attached hydrogen (secondary N) is 2. The maximum Gasteiger partial charge on any atom is 0.242 e. The predicted molar refractivity (Wildman–Crippen MR) is 129 cm³/mol. The number of thioether (sulfide) groups is 1. The lowest BCUT2D eigenvalue weighted by Crippen LogP contribution is -2.21. The zero-order valence-electron chi connectivity index (χ0n) is 19.3. The Balaban J connectivity index is 1.82. The van der Waals surface area contributed by atoms with Crippen molar-refractivity contribution in [2.24, 2.45) is 5.41 Å². The quantitative estimate of drug-likeness (QED) is 0.205. The van der Waals surface area contributed by atoms with Crippen LogP contribution in [-0.2, 0) is 9.59 Å². The Morgan fingerprint density at radius 2 is 1.43 bits per heavy atom. The minimum Gasteiger partial charge on any atom is -0.326 e. The number of hydrogen-bond donors (Lipinski definition) is 2. The normalized spacial score (nSPS) is 12.2. The standard InChI is InChI=1S/C26H24F4N2O2S/c1-26(2,3)14-20(33)31-16-9-11-17(12-10-16)35-24(15-7-5-4-6-8-15)25(34)32-23-21(29)18(27)13-19(28)22(23)30/h4-13,24H,14H2,1-3H3,(H,31,33)(H,32,34). The van der Waals surface area contributed by atoms with Crippen LogP contribution in [0.25, 0.3) is 0 Å². The molecule has 3 aromatic carbocycles. The van der Waals surface area contributed by atoms with Crippen molar-refractivity contribution in [1.29, 1.82) is 0 Å². The molecule has 0 aromatic heterocycles. The van der Waals surface area contributed by atoms with Crippen LogP contribution >= 0.6 is 11.8 Å². The molecule has 0 heterocycles. The SMILES string of the molecule is CC(C)(C)CC(=O)Nc1ccc(SC(C(=O)Nc2c(F)c(F)cc(F)c2F)c2ccccc2)cc1. The zero-order valence-corrected chi connectivity index (χ0v) is 20.1. The molecule has 184 valence electrons. The van der Waals surface area contributed by atoms with Gasteiger partial charge in [0.25, 0.3) is 0 Å². The summed E-state index contributed by atoms with van der Waals surface area (Å²) < 4.78 is 55.4. The monoisotopic (exact) mass is 504 g/mol. The van der Waals surface area contributed by atoms with Crippen LogP contribution in [0.2, 0.25) is 0 Å². The minimum atomic E-state index is -1.69. The van der Waals surface area contributed by atoms with Crippen molar-refractivity contribution in [3.63, 3.8) is 0 Å². The summed E-state index contributed by atoms with van der Waals surface area (Å²) in [5.41, 5.74) is -0.274. The topological polar surface area (TPSA) is 58.2 Å². The van der Waals surface area contributed by atoms with E-state index in [1.165, 1.54) is 0 Å². The highest BCUT2D eigenvalue weighted by atomic mass is 32.2. The fraction of sp³-hybridized carbons (Fsp3) is 0.231. The van der Waals surface area contributed by atoms with Crippen LogP contribution in [0.5, 0.6) is 0 Å². The maximum absolute atomic E-state index is 14.1. The van der Waals surface area contributed by atoms with Crippen molar-refractivity contribution >= 4 is 35.0 Å². The molecule has 4 nitrogen and oxygen atoms in total. The van der Waals surface area contributed by atoms with Crippen LogP contribution in [0.3, 0.4) is 0 Å². The maximum atomic E-state index is 14.1. The molecule has 1 atom stereocenters. The second-order valence-corrected chi connectivity index (χ2v) is 10.2. The third-order valence-corrected chi connectivity index (χ3v) is 6.05. The van der Waals surface area contributed by atoms with Crippen LogP contribution in [0.1, 0.15) is 38.0 Å². The molecule has 0 spiro atoms. The Morgan fingerprint density at radius 3 is 1.97 bits per heavy atom. The third kappa shape index (κ3) is 7.08. The molecular weight excluding hydrogens is 480 g/mol. The van der Waals surface area contributed by atoms with Crippen molar-refractivity contribution in [3.8, 4) is 0 Å². The van der Waals surface area contributed by atoms with Crippen molar-refractivity contribution in [1.82, 2.24) is 0 Å². The van der Waals surface area contributed by atoms with Gasteiger partial charge in [0.2, 0.25) is 11.8 Å². The van der Waals surface area contributed by atoms with Gasteiger partial charge in [-0.3, -0.25) is 9.59 Å². The third-order valence-electron chi connectivity index (χ3n) is 4.78. The number of halogens is 4. The number of carbonyl (C=O) groups excluding carboxylic acids is 2. The van der Waals surface area contributed by atoms with Crippen LogP contribution < -0.4 is 10.6 Å². The molecule has 0 fully saturated rings. The van der Waals surface area contributed by atoms with Crippen molar-refractivity contribution in [3.05, 3.63) is 89.5 Å². The van der Waals surface area contributed by atoms with Gasteiger partial charge in [0.15, 0.2) is 23.3 Å². The first-order chi connectivity index (χ1) is 16.4. The molecular formula is C26H24F4N2O2S. The van der Waals surface area contributed by atoms with Gasteiger partial charge in [0.05, 0.1) is 0 Å². The lowest BCUT2D eigenvalue weighted by atomic mass is 9.92. The predicted octanol–water partition coefficient (Wildman–Crippen LogP) is 7.09. The fourth-order valence-corrected chi connectivity index (χ4v) is 4.24. The van der Waals surface area contributed by atoms with Gasteiger partial charge in [-0.25, -0.2) is 17.6 Å². The van der Waals surface area contributed by atoms with Gasteiger partial charge in [0.1, 0.15) is 10.9 Å². The van der Waals surface area contributed by atoms with Crippen molar-refractivity contribution in [2.75, 3.05) is 10.6 Å². The Labute approximate surface area is 205 Å². The molecule has 1 unspecified atom stereocenters. The van der Waals surface area contributed by atoms with E-state index >= 15 is 0 Å². The summed E-state index contributed by atoms with van der Waals surface area (Å²) in [6.07, 6.45) is 0.341. The Morgan fingerprint density at radius 1 is 0.857 bits per heavy atom. The van der Waals surface area contributed by atoms with E-state index in [4.69, 9.17) is 0 Å². The highest BCUT2D eigenvalue weighted by Gasteiger charge is 2.27. The lowest BCUT2D eigenvalue weighted by Gasteiger charge is -2.19. The zero-order chi connectivity index (χ0) is 25.8. The Kier molecular flexibility index (Phi) is 8.22. The summed E-state index contributed by atoms with van der Waals surface area (Å²) in [5.74, 6) is -7.62. The highest BCUT2D eigenvalue weighted by molar-refractivity contribution is 8.00. The average Bonchev–Trinajstić information content (AvgIpc) is 2.79. The van der Waals surface area contributed by atoms with E-state index in [1.807, 2.05) is 26.1 Å². The van der Waals surface area contributed by atoms with E-state index in [0.29, 0.717) is 22.6 Å². The first-order valence-corrected chi connectivity index (χ1v) is 11.6. The number of anilines is 2. The molecule has 35 heavy (non-hydrogen) atoms. The van der Waals surface area contributed by atoms with Gasteiger partial charge in [-0.15, -0.1) is 11.8 Å². The van der Waals surface area contributed by atoms with E-state index in [2.05, 4.69) is 5.32 Å².